The quantitative estimate of drug-likeness (QED) is 0.591. The van der Waals surface area contributed by atoms with E-state index in [1.54, 1.807) is 0 Å². The van der Waals surface area contributed by atoms with E-state index in [-0.39, 0.29) is 28.8 Å². The fraction of sp³-hybridized carbons (Fsp3) is 1.00. The van der Waals surface area contributed by atoms with Crippen molar-refractivity contribution in [3.05, 3.63) is 0 Å². The van der Waals surface area contributed by atoms with Gasteiger partial charge in [-0.2, -0.15) is 0 Å². The molecule has 4 nitrogen and oxygen atoms in total. The zero-order chi connectivity index (χ0) is 17.6. The first-order valence-electron chi connectivity index (χ1n) is 9.76. The molecule has 8 unspecified atom stereocenters. The zero-order valence-corrected chi connectivity index (χ0v) is 15.4. The van der Waals surface area contributed by atoms with Crippen molar-refractivity contribution in [2.75, 3.05) is 6.61 Å². The summed E-state index contributed by atoms with van der Waals surface area (Å²) in [6.45, 7) is 6.41. The van der Waals surface area contributed by atoms with Crippen LogP contribution in [0.3, 0.4) is 0 Å². The van der Waals surface area contributed by atoms with E-state index in [9.17, 15) is 20.4 Å². The number of aliphatic hydroxyl groups is 4. The number of fused-ring (bicyclic) bond motifs is 2. The lowest BCUT2D eigenvalue weighted by atomic mass is 9.38. The van der Waals surface area contributed by atoms with Gasteiger partial charge in [0.25, 0.3) is 0 Å². The maximum atomic E-state index is 11.7. The first kappa shape index (κ1) is 17.3. The number of hydrogen-bond donors (Lipinski definition) is 4. The average Bonchev–Trinajstić information content (AvgIpc) is 2.76. The van der Waals surface area contributed by atoms with Gasteiger partial charge in [0.2, 0.25) is 0 Å². The molecular weight excluding hydrogens is 304 g/mol. The predicted octanol–water partition coefficient (Wildman–Crippen LogP) is 2.23. The van der Waals surface area contributed by atoms with E-state index < -0.39 is 17.3 Å². The van der Waals surface area contributed by atoms with Crippen LogP contribution in [0.2, 0.25) is 0 Å². The normalized spacial score (nSPS) is 62.9. The molecule has 4 aliphatic carbocycles. The molecular formula is C20H34O4. The van der Waals surface area contributed by atoms with Gasteiger partial charge in [-0.05, 0) is 81.0 Å². The molecule has 4 saturated carbocycles. The number of aliphatic hydroxyl groups excluding tert-OH is 2. The molecule has 2 bridgehead atoms. The molecule has 0 radical (unpaired) electrons. The summed E-state index contributed by atoms with van der Waals surface area (Å²) in [5, 5.41) is 43.2. The molecule has 4 rings (SSSR count). The van der Waals surface area contributed by atoms with Crippen LogP contribution in [0.4, 0.5) is 0 Å². The highest BCUT2D eigenvalue weighted by atomic mass is 16.3. The number of rotatable bonds is 1. The molecule has 0 aromatic carbocycles. The Labute approximate surface area is 145 Å². The van der Waals surface area contributed by atoms with Crippen molar-refractivity contribution in [1.82, 2.24) is 0 Å². The largest absolute Gasteiger partial charge is 0.396 e. The minimum Gasteiger partial charge on any atom is -0.396 e. The van der Waals surface area contributed by atoms with Crippen LogP contribution in [-0.2, 0) is 0 Å². The third-order valence-corrected chi connectivity index (χ3v) is 9.28. The highest BCUT2D eigenvalue weighted by Crippen LogP contribution is 2.76. The first-order chi connectivity index (χ1) is 11.0. The summed E-state index contributed by atoms with van der Waals surface area (Å²) in [6.07, 6.45) is 5.73. The van der Waals surface area contributed by atoms with Gasteiger partial charge in [0.1, 0.15) is 0 Å². The molecule has 0 amide bonds. The second-order valence-electron chi connectivity index (χ2n) is 10.5. The molecule has 4 fully saturated rings. The highest BCUT2D eigenvalue weighted by molar-refractivity contribution is 5.24. The van der Waals surface area contributed by atoms with E-state index in [1.165, 1.54) is 0 Å². The molecule has 0 heterocycles. The Morgan fingerprint density at radius 2 is 1.62 bits per heavy atom. The lowest BCUT2D eigenvalue weighted by Gasteiger charge is -2.68. The Balaban J connectivity index is 1.83. The first-order valence-corrected chi connectivity index (χ1v) is 9.76. The lowest BCUT2D eigenvalue weighted by molar-refractivity contribution is -0.251. The van der Waals surface area contributed by atoms with Crippen molar-refractivity contribution < 1.29 is 20.4 Å². The van der Waals surface area contributed by atoms with E-state index >= 15 is 0 Å². The average molecular weight is 338 g/mol. The molecule has 24 heavy (non-hydrogen) atoms. The van der Waals surface area contributed by atoms with Crippen LogP contribution in [0, 0.1) is 28.1 Å². The van der Waals surface area contributed by atoms with Crippen LogP contribution in [0.25, 0.3) is 0 Å². The summed E-state index contributed by atoms with van der Waals surface area (Å²) in [6, 6.07) is 0. The van der Waals surface area contributed by atoms with Gasteiger partial charge in [-0.15, -0.1) is 0 Å². The Kier molecular flexibility index (Phi) is 3.42. The van der Waals surface area contributed by atoms with Gasteiger partial charge in [-0.25, -0.2) is 0 Å². The van der Waals surface area contributed by atoms with E-state index in [1.807, 2.05) is 6.92 Å². The maximum absolute atomic E-state index is 11.7. The van der Waals surface area contributed by atoms with Crippen LogP contribution < -0.4 is 0 Å². The Hall–Kier alpha value is -0.160. The van der Waals surface area contributed by atoms with Gasteiger partial charge in [0.15, 0.2) is 0 Å². The molecule has 0 saturated heterocycles. The predicted molar refractivity (Wildman–Crippen MR) is 91.2 cm³/mol. The standard InChI is InChI=1S/C20H34O4/c1-16(12-21)10-14(22)11-17(2)15(16)4-5-20(24)9-13-8-19(17,20)7-6-18(13,3)23/h13-15,21-24H,4-12H2,1-3H3. The third kappa shape index (κ3) is 1.84. The molecule has 8 atom stereocenters. The van der Waals surface area contributed by atoms with Gasteiger partial charge in [-0.1, -0.05) is 13.8 Å². The minimum atomic E-state index is -0.725. The minimum absolute atomic E-state index is 0.0972. The van der Waals surface area contributed by atoms with Crippen molar-refractivity contribution in [3.8, 4) is 0 Å². The van der Waals surface area contributed by atoms with Gasteiger partial charge in [0.05, 0.1) is 17.3 Å². The highest BCUT2D eigenvalue weighted by Gasteiger charge is 2.74. The molecule has 4 heteroatoms. The van der Waals surface area contributed by atoms with Crippen molar-refractivity contribution >= 4 is 0 Å². The summed E-state index contributed by atoms with van der Waals surface area (Å²) in [4.78, 5) is 0. The van der Waals surface area contributed by atoms with E-state index in [4.69, 9.17) is 0 Å². The Bertz CT molecular complexity index is 548. The fourth-order valence-electron chi connectivity index (χ4n) is 8.03. The van der Waals surface area contributed by atoms with E-state index in [0.29, 0.717) is 25.2 Å². The van der Waals surface area contributed by atoms with Crippen LogP contribution >= 0.6 is 0 Å². The van der Waals surface area contributed by atoms with Gasteiger partial charge >= 0.3 is 0 Å². The molecule has 0 aliphatic heterocycles. The van der Waals surface area contributed by atoms with Crippen molar-refractivity contribution in [2.24, 2.45) is 28.1 Å². The monoisotopic (exact) mass is 338 g/mol. The van der Waals surface area contributed by atoms with Gasteiger partial charge in [0, 0.05) is 12.0 Å². The van der Waals surface area contributed by atoms with Gasteiger partial charge < -0.3 is 20.4 Å². The molecule has 0 aromatic heterocycles. The summed E-state index contributed by atoms with van der Waals surface area (Å²) in [5.74, 6) is 0.465. The second kappa shape index (κ2) is 4.76. The number of hydrogen-bond acceptors (Lipinski definition) is 4. The van der Waals surface area contributed by atoms with Crippen molar-refractivity contribution in [3.63, 3.8) is 0 Å². The van der Waals surface area contributed by atoms with E-state index in [2.05, 4.69) is 13.8 Å². The zero-order valence-electron chi connectivity index (χ0n) is 15.4. The molecule has 0 aromatic rings. The molecule has 4 N–H and O–H groups in total. The molecule has 138 valence electrons. The van der Waals surface area contributed by atoms with Crippen LogP contribution in [0.15, 0.2) is 0 Å². The fourth-order valence-corrected chi connectivity index (χ4v) is 8.03. The van der Waals surface area contributed by atoms with Crippen molar-refractivity contribution in [1.29, 1.82) is 0 Å². The molecule has 4 aliphatic rings. The lowest BCUT2D eigenvalue weighted by Crippen LogP contribution is -2.66. The van der Waals surface area contributed by atoms with Crippen molar-refractivity contribution in [2.45, 2.75) is 89.4 Å². The summed E-state index contributed by atoms with van der Waals surface area (Å²) < 4.78 is 0. The smallest absolute Gasteiger partial charge is 0.0713 e. The Morgan fingerprint density at radius 1 is 0.917 bits per heavy atom. The van der Waals surface area contributed by atoms with Crippen LogP contribution in [0.1, 0.15) is 72.1 Å². The maximum Gasteiger partial charge on any atom is 0.0713 e. The summed E-state index contributed by atoms with van der Waals surface area (Å²) in [7, 11) is 0. The van der Waals surface area contributed by atoms with E-state index in [0.717, 1.165) is 32.1 Å². The molecule has 1 spiro atoms. The van der Waals surface area contributed by atoms with Crippen LogP contribution in [-0.4, -0.2) is 44.3 Å². The summed E-state index contributed by atoms with van der Waals surface area (Å²) in [5.41, 5.74) is -2.09. The SMILES string of the molecule is CC1(O)CCC23CC1CC2(O)CCC1C(C)(CO)CC(O)CC13C. The Morgan fingerprint density at radius 3 is 2.29 bits per heavy atom. The van der Waals surface area contributed by atoms with Crippen LogP contribution in [0.5, 0.6) is 0 Å². The third-order valence-electron chi connectivity index (χ3n) is 9.28. The summed E-state index contributed by atoms with van der Waals surface area (Å²) >= 11 is 0. The second-order valence-corrected chi connectivity index (χ2v) is 10.5. The van der Waals surface area contributed by atoms with Gasteiger partial charge in [-0.3, -0.25) is 0 Å². The topological polar surface area (TPSA) is 80.9 Å².